The number of benzene rings is 1. The highest BCUT2D eigenvalue weighted by Gasteiger charge is 2.23. The van der Waals surface area contributed by atoms with Crippen LogP contribution in [-0.2, 0) is 0 Å². The van der Waals surface area contributed by atoms with Crippen LogP contribution in [0.25, 0.3) is 10.2 Å². The van der Waals surface area contributed by atoms with E-state index in [9.17, 15) is 0 Å². The van der Waals surface area contributed by atoms with Crippen molar-refractivity contribution in [2.24, 2.45) is 5.92 Å². The lowest BCUT2D eigenvalue weighted by Gasteiger charge is -2.27. The number of nitrogens with two attached hydrogens (primary N) is 1. The quantitative estimate of drug-likeness (QED) is 0.854. The Morgan fingerprint density at radius 2 is 2.32 bits per heavy atom. The second-order valence-corrected chi connectivity index (χ2v) is 6.38. The Morgan fingerprint density at radius 1 is 1.42 bits per heavy atom. The summed E-state index contributed by atoms with van der Waals surface area (Å²) < 4.78 is 7.19. The van der Waals surface area contributed by atoms with Gasteiger partial charge in [-0.2, -0.15) is 0 Å². The van der Waals surface area contributed by atoms with Crippen LogP contribution in [0, 0.1) is 5.92 Å². The zero-order valence-corrected chi connectivity index (χ0v) is 12.1. The van der Waals surface area contributed by atoms with Crippen molar-refractivity contribution in [2.75, 3.05) is 5.73 Å². The lowest BCUT2D eigenvalue weighted by Crippen LogP contribution is -2.25. The van der Waals surface area contributed by atoms with E-state index < -0.39 is 0 Å². The molecule has 1 aliphatic rings. The summed E-state index contributed by atoms with van der Waals surface area (Å²) in [5.74, 6) is 0.823. The molecule has 1 aliphatic carbocycles. The van der Waals surface area contributed by atoms with Crippen LogP contribution < -0.4 is 10.5 Å². The molecule has 19 heavy (non-hydrogen) atoms. The van der Waals surface area contributed by atoms with Gasteiger partial charge >= 0.3 is 0 Å². The molecule has 0 aliphatic heterocycles. The average molecular weight is 276 g/mol. The van der Waals surface area contributed by atoms with Crippen molar-refractivity contribution in [1.29, 1.82) is 0 Å². The molecule has 1 fully saturated rings. The van der Waals surface area contributed by atoms with Crippen LogP contribution in [0.2, 0.25) is 0 Å². The Labute approximate surface area is 117 Å². The number of hydrogen-bond donors (Lipinski definition) is 1. The van der Waals surface area contributed by atoms with Gasteiger partial charge in [0.2, 0.25) is 0 Å². The van der Waals surface area contributed by atoms with Gasteiger partial charge in [0, 0.05) is 5.69 Å². The summed E-state index contributed by atoms with van der Waals surface area (Å²) in [5.41, 5.74) is 7.56. The zero-order chi connectivity index (χ0) is 13.2. The maximum Gasteiger partial charge on any atom is 0.274 e. The van der Waals surface area contributed by atoms with E-state index >= 15 is 0 Å². The fourth-order valence-corrected chi connectivity index (χ4v) is 3.76. The molecule has 2 aromatic rings. The van der Waals surface area contributed by atoms with E-state index in [2.05, 4.69) is 11.9 Å². The number of anilines is 1. The Balaban J connectivity index is 1.74. The topological polar surface area (TPSA) is 48.1 Å². The van der Waals surface area contributed by atoms with Crippen molar-refractivity contribution in [3.63, 3.8) is 0 Å². The third-order valence-electron chi connectivity index (χ3n) is 3.97. The van der Waals surface area contributed by atoms with E-state index in [1.165, 1.54) is 25.7 Å². The maximum atomic E-state index is 6.08. The van der Waals surface area contributed by atoms with Crippen LogP contribution in [0.4, 0.5) is 5.69 Å². The number of rotatable bonds is 3. The van der Waals surface area contributed by atoms with Gasteiger partial charge in [-0.1, -0.05) is 31.1 Å². The summed E-state index contributed by atoms with van der Waals surface area (Å²) in [4.78, 5) is 4.54. The third kappa shape index (κ3) is 2.84. The number of nitrogens with zero attached hydrogens (tertiary/aromatic N) is 1. The molecule has 0 spiro atoms. The van der Waals surface area contributed by atoms with Gasteiger partial charge in [-0.05, 0) is 43.4 Å². The van der Waals surface area contributed by atoms with Crippen LogP contribution >= 0.6 is 11.3 Å². The minimum absolute atomic E-state index is 0.344. The van der Waals surface area contributed by atoms with Crippen molar-refractivity contribution in [2.45, 2.75) is 45.1 Å². The lowest BCUT2D eigenvalue weighted by atomic mass is 9.86. The molecule has 1 heterocycles. The average Bonchev–Trinajstić information content (AvgIpc) is 2.80. The van der Waals surface area contributed by atoms with Gasteiger partial charge < -0.3 is 10.5 Å². The summed E-state index contributed by atoms with van der Waals surface area (Å²) in [6.45, 7) is 2.27. The molecule has 0 saturated heterocycles. The number of thiazole rings is 1. The van der Waals surface area contributed by atoms with Crippen LogP contribution in [0.3, 0.4) is 0 Å². The predicted octanol–water partition coefficient (Wildman–Crippen LogP) is 4.23. The highest BCUT2D eigenvalue weighted by Crippen LogP contribution is 2.33. The Kier molecular flexibility index (Phi) is 3.60. The molecule has 2 atom stereocenters. The molecular formula is C15H20N2OS. The van der Waals surface area contributed by atoms with Gasteiger partial charge in [-0.3, -0.25) is 0 Å². The molecule has 0 amide bonds. The fourth-order valence-electron chi connectivity index (χ4n) is 2.83. The van der Waals surface area contributed by atoms with Crippen molar-refractivity contribution < 1.29 is 4.74 Å². The number of ether oxygens (including phenoxy) is 1. The minimum Gasteiger partial charge on any atom is -0.467 e. The summed E-state index contributed by atoms with van der Waals surface area (Å²) in [6, 6.07) is 5.82. The van der Waals surface area contributed by atoms with Gasteiger partial charge in [0.1, 0.15) is 6.10 Å². The number of hydrogen-bond acceptors (Lipinski definition) is 4. The number of nitrogen functional groups attached to an aromatic ring is 1. The molecule has 1 aromatic heterocycles. The normalized spacial score (nSPS) is 23.6. The Hall–Kier alpha value is -1.29. The largest absolute Gasteiger partial charge is 0.467 e. The smallest absolute Gasteiger partial charge is 0.274 e. The van der Waals surface area contributed by atoms with Gasteiger partial charge in [-0.25, -0.2) is 4.98 Å². The molecule has 0 bridgehead atoms. The molecule has 1 saturated carbocycles. The summed E-state index contributed by atoms with van der Waals surface area (Å²) >= 11 is 1.60. The monoisotopic (exact) mass is 276 g/mol. The number of fused-ring (bicyclic) bond motifs is 1. The van der Waals surface area contributed by atoms with E-state index in [0.717, 1.165) is 33.4 Å². The van der Waals surface area contributed by atoms with Gasteiger partial charge in [-0.15, -0.1) is 0 Å². The molecule has 2 N–H and O–H groups in total. The van der Waals surface area contributed by atoms with Crippen LogP contribution in [0.5, 0.6) is 5.19 Å². The van der Waals surface area contributed by atoms with E-state index in [1.54, 1.807) is 11.3 Å². The third-order valence-corrected chi connectivity index (χ3v) is 4.88. The van der Waals surface area contributed by atoms with Crippen molar-refractivity contribution in [3.05, 3.63) is 18.2 Å². The first-order valence-corrected chi connectivity index (χ1v) is 7.89. The molecule has 3 nitrogen and oxygen atoms in total. The van der Waals surface area contributed by atoms with E-state index in [-0.39, 0.29) is 0 Å². The van der Waals surface area contributed by atoms with Crippen molar-refractivity contribution in [1.82, 2.24) is 4.98 Å². The first-order valence-electron chi connectivity index (χ1n) is 7.07. The molecule has 3 rings (SSSR count). The highest BCUT2D eigenvalue weighted by molar-refractivity contribution is 7.20. The van der Waals surface area contributed by atoms with Gasteiger partial charge in [0.05, 0.1) is 10.2 Å². The number of aromatic nitrogens is 1. The molecule has 4 heteroatoms. The molecule has 2 unspecified atom stereocenters. The maximum absolute atomic E-state index is 6.08. The molecular weight excluding hydrogens is 256 g/mol. The van der Waals surface area contributed by atoms with Crippen molar-refractivity contribution in [3.8, 4) is 5.19 Å². The van der Waals surface area contributed by atoms with Gasteiger partial charge in [0.25, 0.3) is 5.19 Å². The standard InChI is InChI=1S/C15H20N2OS/c1-2-10-4-3-5-12(8-10)18-15-17-13-7-6-11(16)9-14(13)19-15/h6-7,9-10,12H,2-5,8,16H2,1H3. The Morgan fingerprint density at radius 3 is 3.16 bits per heavy atom. The lowest BCUT2D eigenvalue weighted by molar-refractivity contribution is 0.122. The van der Waals surface area contributed by atoms with Crippen LogP contribution in [0.1, 0.15) is 39.0 Å². The van der Waals surface area contributed by atoms with E-state index in [4.69, 9.17) is 10.5 Å². The van der Waals surface area contributed by atoms with E-state index in [1.807, 2.05) is 18.2 Å². The zero-order valence-electron chi connectivity index (χ0n) is 11.3. The predicted molar refractivity (Wildman–Crippen MR) is 80.7 cm³/mol. The first-order chi connectivity index (χ1) is 9.24. The summed E-state index contributed by atoms with van der Waals surface area (Å²) in [6.07, 6.45) is 6.57. The minimum atomic E-state index is 0.344. The van der Waals surface area contributed by atoms with Gasteiger partial charge in [0.15, 0.2) is 0 Å². The second-order valence-electron chi connectivity index (χ2n) is 5.39. The highest BCUT2D eigenvalue weighted by atomic mass is 32.1. The fraction of sp³-hybridized carbons (Fsp3) is 0.533. The summed E-state index contributed by atoms with van der Waals surface area (Å²) in [7, 11) is 0. The molecule has 1 aromatic carbocycles. The molecule has 0 radical (unpaired) electrons. The summed E-state index contributed by atoms with van der Waals surface area (Å²) in [5, 5.41) is 0.794. The van der Waals surface area contributed by atoms with E-state index in [0.29, 0.717) is 6.10 Å². The first kappa shape index (κ1) is 12.7. The van der Waals surface area contributed by atoms with Crippen LogP contribution in [-0.4, -0.2) is 11.1 Å². The molecule has 102 valence electrons. The second kappa shape index (κ2) is 5.37. The Bertz CT molecular complexity index is 566. The van der Waals surface area contributed by atoms with Crippen LogP contribution in [0.15, 0.2) is 18.2 Å². The van der Waals surface area contributed by atoms with Crippen molar-refractivity contribution >= 4 is 27.2 Å². The SMILES string of the molecule is CCC1CCCC(Oc2nc3ccc(N)cc3s2)C1.